The van der Waals surface area contributed by atoms with Crippen molar-refractivity contribution in [3.05, 3.63) is 0 Å². The number of aliphatic carboxylic acids is 1. The smallest absolute Gasteiger partial charge is 0.320 e. The predicted octanol–water partition coefficient (Wildman–Crippen LogP) is 0.319. The Hall–Kier alpha value is -0.610. The van der Waals surface area contributed by atoms with E-state index in [9.17, 15) is 4.79 Å². The Kier molecular flexibility index (Phi) is 3.69. The fraction of sp³-hybridized carbons (Fsp3) is 0.889. The van der Waals surface area contributed by atoms with Crippen LogP contribution in [0, 0.1) is 0 Å². The fourth-order valence-electron chi connectivity index (χ4n) is 1.76. The second-order valence-corrected chi connectivity index (χ2v) is 3.78. The van der Waals surface area contributed by atoms with Gasteiger partial charge in [0.25, 0.3) is 0 Å². The van der Waals surface area contributed by atoms with Crippen molar-refractivity contribution in [3.63, 3.8) is 0 Å². The van der Waals surface area contributed by atoms with Crippen molar-refractivity contribution in [2.75, 3.05) is 0 Å². The number of carbonyl (C=O) groups is 1. The first-order valence-electron chi connectivity index (χ1n) is 4.85. The van der Waals surface area contributed by atoms with Crippen molar-refractivity contribution in [1.29, 1.82) is 0 Å². The molecule has 0 aromatic carbocycles. The highest BCUT2D eigenvalue weighted by molar-refractivity contribution is 5.72. The van der Waals surface area contributed by atoms with E-state index in [4.69, 9.17) is 10.8 Å². The molecule has 0 saturated heterocycles. The minimum absolute atomic E-state index is 0.121. The highest BCUT2D eigenvalue weighted by atomic mass is 16.4. The van der Waals surface area contributed by atoms with Crippen LogP contribution in [0.4, 0.5) is 0 Å². The summed E-state index contributed by atoms with van der Waals surface area (Å²) in [5.41, 5.74) is 5.87. The Bertz CT molecular complexity index is 184. The van der Waals surface area contributed by atoms with Crippen LogP contribution in [0.15, 0.2) is 0 Å². The first kappa shape index (κ1) is 10.5. The van der Waals surface area contributed by atoms with E-state index < -0.39 is 12.0 Å². The Morgan fingerprint density at radius 3 is 2.69 bits per heavy atom. The van der Waals surface area contributed by atoms with Crippen LogP contribution >= 0.6 is 0 Å². The Morgan fingerprint density at radius 1 is 1.54 bits per heavy atom. The average molecular weight is 186 g/mol. The molecule has 0 aliphatic heterocycles. The van der Waals surface area contributed by atoms with E-state index in [2.05, 4.69) is 5.32 Å². The van der Waals surface area contributed by atoms with Crippen LogP contribution in [0.1, 0.15) is 32.6 Å². The summed E-state index contributed by atoms with van der Waals surface area (Å²) in [6.45, 7) is 1.66. The molecule has 76 valence electrons. The molecule has 1 saturated carbocycles. The standard InChI is InChI=1S/C9H18N2O2/c1-6(9(12)13)11-8-5-3-2-4-7(8)10/h6-8,11H,2-5,10H2,1H3,(H,12,13)/t6-,7+,8+/m0/s1. The zero-order valence-electron chi connectivity index (χ0n) is 7.99. The van der Waals surface area contributed by atoms with Gasteiger partial charge in [-0.3, -0.25) is 4.79 Å². The molecule has 1 aliphatic carbocycles. The zero-order valence-corrected chi connectivity index (χ0v) is 7.99. The number of hydrogen-bond donors (Lipinski definition) is 3. The summed E-state index contributed by atoms with van der Waals surface area (Å²) in [4.78, 5) is 10.6. The maximum Gasteiger partial charge on any atom is 0.320 e. The topological polar surface area (TPSA) is 75.3 Å². The van der Waals surface area contributed by atoms with E-state index >= 15 is 0 Å². The van der Waals surface area contributed by atoms with Gasteiger partial charge in [0, 0.05) is 12.1 Å². The van der Waals surface area contributed by atoms with Gasteiger partial charge >= 0.3 is 5.97 Å². The number of nitrogens with two attached hydrogens (primary N) is 1. The third-order valence-corrected chi connectivity index (χ3v) is 2.65. The molecular weight excluding hydrogens is 168 g/mol. The predicted molar refractivity (Wildman–Crippen MR) is 50.5 cm³/mol. The molecule has 0 spiro atoms. The third kappa shape index (κ3) is 2.97. The minimum Gasteiger partial charge on any atom is -0.480 e. The van der Waals surface area contributed by atoms with Gasteiger partial charge in [-0.25, -0.2) is 0 Å². The third-order valence-electron chi connectivity index (χ3n) is 2.65. The lowest BCUT2D eigenvalue weighted by atomic mass is 9.90. The molecule has 0 radical (unpaired) electrons. The summed E-state index contributed by atoms with van der Waals surface area (Å²) < 4.78 is 0. The second-order valence-electron chi connectivity index (χ2n) is 3.78. The van der Waals surface area contributed by atoms with Gasteiger partial charge in [0.1, 0.15) is 6.04 Å². The lowest BCUT2D eigenvalue weighted by molar-refractivity contribution is -0.139. The largest absolute Gasteiger partial charge is 0.480 e. The van der Waals surface area contributed by atoms with Crippen molar-refractivity contribution >= 4 is 5.97 Å². The van der Waals surface area contributed by atoms with Crippen molar-refractivity contribution < 1.29 is 9.90 Å². The molecule has 13 heavy (non-hydrogen) atoms. The fourth-order valence-corrected chi connectivity index (χ4v) is 1.76. The number of carboxylic acid groups (broad SMARTS) is 1. The van der Waals surface area contributed by atoms with Gasteiger partial charge in [0.15, 0.2) is 0 Å². The van der Waals surface area contributed by atoms with E-state index in [-0.39, 0.29) is 12.1 Å². The molecule has 0 aromatic heterocycles. The lowest BCUT2D eigenvalue weighted by Crippen LogP contribution is -2.52. The summed E-state index contributed by atoms with van der Waals surface area (Å²) in [6.07, 6.45) is 4.32. The maximum atomic E-state index is 10.6. The summed E-state index contributed by atoms with van der Waals surface area (Å²) in [5.74, 6) is -0.808. The van der Waals surface area contributed by atoms with E-state index in [0.29, 0.717) is 0 Å². The molecule has 0 heterocycles. The Morgan fingerprint density at radius 2 is 2.15 bits per heavy atom. The second kappa shape index (κ2) is 4.58. The molecule has 4 N–H and O–H groups in total. The van der Waals surface area contributed by atoms with Gasteiger partial charge in [-0.15, -0.1) is 0 Å². The molecule has 4 heteroatoms. The zero-order chi connectivity index (χ0) is 9.84. The van der Waals surface area contributed by atoms with Crippen LogP contribution in [0.25, 0.3) is 0 Å². The van der Waals surface area contributed by atoms with Crippen LogP contribution in [-0.2, 0) is 4.79 Å². The number of carboxylic acids is 1. The molecule has 1 fully saturated rings. The average Bonchev–Trinajstić information content (AvgIpc) is 2.08. The van der Waals surface area contributed by atoms with Gasteiger partial charge in [-0.05, 0) is 19.8 Å². The van der Waals surface area contributed by atoms with Crippen LogP contribution < -0.4 is 11.1 Å². The highest BCUT2D eigenvalue weighted by Crippen LogP contribution is 2.17. The lowest BCUT2D eigenvalue weighted by Gasteiger charge is -2.30. The minimum atomic E-state index is -0.808. The normalized spacial score (nSPS) is 31.2. The van der Waals surface area contributed by atoms with Crippen LogP contribution in [0.2, 0.25) is 0 Å². The Labute approximate surface area is 78.5 Å². The summed E-state index contributed by atoms with van der Waals surface area (Å²) in [7, 11) is 0. The Balaban J connectivity index is 2.37. The van der Waals surface area contributed by atoms with Gasteiger partial charge in [0.05, 0.1) is 0 Å². The first-order valence-corrected chi connectivity index (χ1v) is 4.85. The van der Waals surface area contributed by atoms with Crippen molar-refractivity contribution in [1.82, 2.24) is 5.32 Å². The monoisotopic (exact) mass is 186 g/mol. The molecule has 0 aromatic rings. The maximum absolute atomic E-state index is 10.6. The number of nitrogens with one attached hydrogen (secondary N) is 1. The van der Waals surface area contributed by atoms with Crippen molar-refractivity contribution in [3.8, 4) is 0 Å². The quantitative estimate of drug-likeness (QED) is 0.593. The molecule has 0 bridgehead atoms. The van der Waals surface area contributed by atoms with Gasteiger partial charge in [-0.2, -0.15) is 0 Å². The molecular formula is C9H18N2O2. The molecule has 4 nitrogen and oxygen atoms in total. The van der Waals surface area contributed by atoms with Crippen LogP contribution in [0.5, 0.6) is 0 Å². The van der Waals surface area contributed by atoms with Gasteiger partial charge in [0.2, 0.25) is 0 Å². The van der Waals surface area contributed by atoms with E-state index in [1.165, 1.54) is 6.42 Å². The first-order chi connectivity index (χ1) is 6.11. The van der Waals surface area contributed by atoms with E-state index in [0.717, 1.165) is 19.3 Å². The highest BCUT2D eigenvalue weighted by Gasteiger charge is 2.24. The molecule has 3 atom stereocenters. The molecule has 0 unspecified atom stereocenters. The summed E-state index contributed by atoms with van der Waals surface area (Å²) in [6, 6.07) is -0.190. The van der Waals surface area contributed by atoms with E-state index in [1.807, 2.05) is 0 Å². The summed E-state index contributed by atoms with van der Waals surface area (Å²) in [5, 5.41) is 11.7. The number of rotatable bonds is 3. The molecule has 1 rings (SSSR count). The van der Waals surface area contributed by atoms with E-state index in [1.54, 1.807) is 6.92 Å². The van der Waals surface area contributed by atoms with Crippen LogP contribution in [0.3, 0.4) is 0 Å². The van der Waals surface area contributed by atoms with Gasteiger partial charge < -0.3 is 16.2 Å². The summed E-state index contributed by atoms with van der Waals surface area (Å²) >= 11 is 0. The van der Waals surface area contributed by atoms with Crippen molar-refractivity contribution in [2.24, 2.45) is 5.73 Å². The van der Waals surface area contributed by atoms with Gasteiger partial charge in [-0.1, -0.05) is 12.8 Å². The molecule has 0 amide bonds. The van der Waals surface area contributed by atoms with Crippen LogP contribution in [-0.4, -0.2) is 29.2 Å². The number of hydrogen-bond acceptors (Lipinski definition) is 3. The van der Waals surface area contributed by atoms with Crippen molar-refractivity contribution in [2.45, 2.75) is 50.7 Å². The SMILES string of the molecule is C[C@H](N[C@@H]1CCCC[C@H]1N)C(=O)O. The molecule has 1 aliphatic rings.